The molecular formula is C20H17ClN2O4. The summed E-state index contributed by atoms with van der Waals surface area (Å²) in [5, 5.41) is 14.7. The third kappa shape index (κ3) is 3.35. The maximum absolute atomic E-state index is 13.0. The molecule has 7 heteroatoms. The molecule has 138 valence electrons. The Hall–Kier alpha value is -2.67. The molecule has 0 atom stereocenters. The molecule has 1 N–H and O–H groups in total. The first kappa shape index (κ1) is 17.7. The molecule has 2 aromatic carbocycles. The Bertz CT molecular complexity index is 1100. The fraction of sp³-hybridized carbons (Fsp3) is 0.200. The molecule has 2 aliphatic rings. The summed E-state index contributed by atoms with van der Waals surface area (Å²) in [6, 6.07) is 14.6. The van der Waals surface area contributed by atoms with E-state index in [-0.39, 0.29) is 25.4 Å². The van der Waals surface area contributed by atoms with E-state index >= 15 is 0 Å². The second-order valence-electron chi connectivity index (χ2n) is 6.02. The fourth-order valence-corrected chi connectivity index (χ4v) is 3.15. The van der Waals surface area contributed by atoms with Gasteiger partial charge in [0.1, 0.15) is 22.6 Å². The lowest BCUT2D eigenvalue weighted by Crippen LogP contribution is -2.20. The Labute approximate surface area is 159 Å². The Kier molecular flexibility index (Phi) is 4.94. The number of benzene rings is 2. The molecule has 2 aliphatic heterocycles. The van der Waals surface area contributed by atoms with Gasteiger partial charge in [0, 0.05) is 16.0 Å². The van der Waals surface area contributed by atoms with Crippen LogP contribution in [-0.4, -0.2) is 34.7 Å². The summed E-state index contributed by atoms with van der Waals surface area (Å²) in [4.78, 5) is 13.0. The number of fused-ring (bicyclic) bond motifs is 3. The molecule has 0 aliphatic carbocycles. The number of nitrogens with zero attached hydrogens (tertiary/aromatic N) is 2. The highest BCUT2D eigenvalue weighted by molar-refractivity contribution is 6.30. The van der Waals surface area contributed by atoms with E-state index in [1.54, 1.807) is 12.1 Å². The first-order valence-electron chi connectivity index (χ1n) is 8.56. The number of halogens is 1. The molecule has 0 fully saturated rings. The largest absolute Gasteiger partial charge is 0.455 e. The SMILES string of the molecule is O=c1c2c(-c3ccc(Cl)cc3)oc3ccccc3c-2nn1CCOCCO. The van der Waals surface area contributed by atoms with Crippen LogP contribution in [-0.2, 0) is 11.3 Å². The van der Waals surface area contributed by atoms with Gasteiger partial charge < -0.3 is 14.3 Å². The van der Waals surface area contributed by atoms with E-state index in [4.69, 9.17) is 25.9 Å². The van der Waals surface area contributed by atoms with Gasteiger partial charge in [-0.2, -0.15) is 5.10 Å². The molecule has 27 heavy (non-hydrogen) atoms. The van der Waals surface area contributed by atoms with Gasteiger partial charge in [-0.25, -0.2) is 4.68 Å². The lowest BCUT2D eigenvalue weighted by molar-refractivity contribution is 0.0850. The number of aromatic nitrogens is 2. The second-order valence-corrected chi connectivity index (χ2v) is 6.46. The summed E-state index contributed by atoms with van der Waals surface area (Å²) in [5.74, 6) is 0.466. The van der Waals surface area contributed by atoms with E-state index in [2.05, 4.69) is 5.10 Å². The first-order chi connectivity index (χ1) is 13.2. The van der Waals surface area contributed by atoms with Crippen LogP contribution in [0.1, 0.15) is 0 Å². The van der Waals surface area contributed by atoms with Crippen LogP contribution in [0.2, 0.25) is 5.02 Å². The third-order valence-corrected chi connectivity index (χ3v) is 4.53. The molecule has 0 saturated carbocycles. The highest BCUT2D eigenvalue weighted by atomic mass is 35.5. The van der Waals surface area contributed by atoms with E-state index in [0.717, 1.165) is 10.9 Å². The van der Waals surface area contributed by atoms with Crippen molar-refractivity contribution in [3.8, 4) is 22.6 Å². The molecule has 0 radical (unpaired) electrons. The number of hydrogen-bond donors (Lipinski definition) is 1. The number of ether oxygens (including phenoxy) is 1. The van der Waals surface area contributed by atoms with Crippen molar-refractivity contribution < 1.29 is 14.3 Å². The van der Waals surface area contributed by atoms with Gasteiger partial charge in [0.15, 0.2) is 0 Å². The van der Waals surface area contributed by atoms with Crippen LogP contribution in [0.3, 0.4) is 0 Å². The van der Waals surface area contributed by atoms with Crippen LogP contribution < -0.4 is 5.56 Å². The van der Waals surface area contributed by atoms with Crippen LogP contribution in [0.4, 0.5) is 0 Å². The van der Waals surface area contributed by atoms with Gasteiger partial charge in [0.05, 0.1) is 26.4 Å². The summed E-state index contributed by atoms with van der Waals surface area (Å²) in [6.07, 6.45) is 0. The summed E-state index contributed by atoms with van der Waals surface area (Å²) < 4.78 is 12.7. The van der Waals surface area contributed by atoms with Crippen LogP contribution in [0.15, 0.2) is 57.7 Å². The van der Waals surface area contributed by atoms with E-state index < -0.39 is 0 Å². The van der Waals surface area contributed by atoms with Crippen LogP contribution in [0.5, 0.6) is 0 Å². The third-order valence-electron chi connectivity index (χ3n) is 4.28. The number of rotatable bonds is 6. The van der Waals surface area contributed by atoms with E-state index in [9.17, 15) is 4.79 Å². The molecule has 0 unspecified atom stereocenters. The van der Waals surface area contributed by atoms with Crippen LogP contribution in [0.25, 0.3) is 33.6 Å². The Morgan fingerprint density at radius 3 is 2.67 bits per heavy atom. The molecule has 0 spiro atoms. The first-order valence-corrected chi connectivity index (χ1v) is 8.94. The van der Waals surface area contributed by atoms with Gasteiger partial charge in [-0.05, 0) is 36.4 Å². The van der Waals surface area contributed by atoms with Gasteiger partial charge in [-0.15, -0.1) is 0 Å². The molecule has 2 heterocycles. The standard InChI is InChI=1S/C20H17ClN2O4/c21-14-7-5-13(6-8-14)19-17-18(15-3-1-2-4-16(15)27-19)22-23(20(17)25)9-11-26-12-10-24/h1-8,24H,9-12H2. The zero-order chi connectivity index (χ0) is 18.8. The van der Waals surface area contributed by atoms with Crippen molar-refractivity contribution in [1.29, 1.82) is 0 Å². The predicted molar refractivity (Wildman–Crippen MR) is 103 cm³/mol. The molecular weight excluding hydrogens is 368 g/mol. The number of aliphatic hydroxyl groups is 1. The smallest absolute Gasteiger partial charge is 0.280 e. The van der Waals surface area contributed by atoms with Crippen LogP contribution >= 0.6 is 11.6 Å². The minimum Gasteiger partial charge on any atom is -0.455 e. The van der Waals surface area contributed by atoms with Crippen molar-refractivity contribution in [2.24, 2.45) is 0 Å². The van der Waals surface area contributed by atoms with E-state index in [0.29, 0.717) is 34.2 Å². The topological polar surface area (TPSA) is 77.5 Å². The van der Waals surface area contributed by atoms with Crippen molar-refractivity contribution in [1.82, 2.24) is 9.78 Å². The highest BCUT2D eigenvalue weighted by Gasteiger charge is 2.25. The Morgan fingerprint density at radius 1 is 1.11 bits per heavy atom. The Balaban J connectivity index is 1.89. The van der Waals surface area contributed by atoms with Crippen molar-refractivity contribution in [3.63, 3.8) is 0 Å². The molecule has 4 rings (SSSR count). The summed E-state index contributed by atoms with van der Waals surface area (Å²) in [6.45, 7) is 0.746. The van der Waals surface area contributed by atoms with Crippen molar-refractivity contribution in [2.75, 3.05) is 19.8 Å². The second kappa shape index (κ2) is 7.52. The molecule has 2 aromatic rings. The number of aliphatic hydroxyl groups excluding tert-OH is 1. The molecule has 0 saturated heterocycles. The molecule has 6 nitrogen and oxygen atoms in total. The zero-order valence-electron chi connectivity index (χ0n) is 14.4. The predicted octanol–water partition coefficient (Wildman–Crippen LogP) is 3.42. The summed E-state index contributed by atoms with van der Waals surface area (Å²) >= 11 is 5.99. The maximum atomic E-state index is 13.0. The van der Waals surface area contributed by atoms with Gasteiger partial charge in [-0.1, -0.05) is 23.7 Å². The minimum atomic E-state index is -0.239. The van der Waals surface area contributed by atoms with Gasteiger partial charge in [-0.3, -0.25) is 4.79 Å². The van der Waals surface area contributed by atoms with Crippen molar-refractivity contribution >= 4 is 22.6 Å². The van der Waals surface area contributed by atoms with Crippen LogP contribution in [0, 0.1) is 0 Å². The number of hydrogen-bond acceptors (Lipinski definition) is 5. The van der Waals surface area contributed by atoms with Crippen molar-refractivity contribution in [2.45, 2.75) is 6.54 Å². The van der Waals surface area contributed by atoms with Gasteiger partial charge in [0.25, 0.3) is 5.56 Å². The van der Waals surface area contributed by atoms with Gasteiger partial charge >= 0.3 is 0 Å². The summed E-state index contributed by atoms with van der Waals surface area (Å²) in [7, 11) is 0. The normalized spacial score (nSPS) is 11.5. The zero-order valence-corrected chi connectivity index (χ0v) is 15.1. The van der Waals surface area contributed by atoms with Crippen molar-refractivity contribution in [3.05, 3.63) is 63.9 Å². The van der Waals surface area contributed by atoms with E-state index in [1.807, 2.05) is 36.4 Å². The minimum absolute atomic E-state index is 0.0600. The molecule has 0 amide bonds. The molecule has 0 aromatic heterocycles. The average molecular weight is 385 g/mol. The maximum Gasteiger partial charge on any atom is 0.280 e. The average Bonchev–Trinajstić information content (AvgIpc) is 3.02. The quantitative estimate of drug-likeness (QED) is 0.515. The van der Waals surface area contributed by atoms with Gasteiger partial charge in [0.2, 0.25) is 0 Å². The summed E-state index contributed by atoms with van der Waals surface area (Å²) in [5.41, 5.74) is 2.18. The number of para-hydroxylation sites is 1. The highest BCUT2D eigenvalue weighted by Crippen LogP contribution is 2.36. The lowest BCUT2D eigenvalue weighted by Gasteiger charge is -2.08. The molecule has 0 bridgehead atoms. The Morgan fingerprint density at radius 2 is 1.89 bits per heavy atom. The lowest BCUT2D eigenvalue weighted by atomic mass is 10.0. The van der Waals surface area contributed by atoms with E-state index in [1.165, 1.54) is 4.68 Å². The fourth-order valence-electron chi connectivity index (χ4n) is 3.03. The monoisotopic (exact) mass is 384 g/mol.